The number of hydrogen-bond acceptors (Lipinski definition) is 2. The van der Waals surface area contributed by atoms with Crippen LogP contribution in [0.15, 0.2) is 42.5 Å². The summed E-state index contributed by atoms with van der Waals surface area (Å²) in [5.41, 5.74) is 3.69. The molecule has 3 heteroatoms. The van der Waals surface area contributed by atoms with Gasteiger partial charge in [0.15, 0.2) is 0 Å². The highest BCUT2D eigenvalue weighted by molar-refractivity contribution is 5.83. The molecule has 3 rings (SSSR count). The average Bonchev–Trinajstić information content (AvgIpc) is 2.71. The van der Waals surface area contributed by atoms with Crippen molar-refractivity contribution in [1.82, 2.24) is 9.78 Å². The largest absolute Gasteiger partial charge is 0.384 e. The summed E-state index contributed by atoms with van der Waals surface area (Å²) < 4.78 is 1.81. The van der Waals surface area contributed by atoms with Crippen LogP contribution in [0.3, 0.4) is 0 Å². The summed E-state index contributed by atoms with van der Waals surface area (Å²) in [6, 6.07) is 14.3. The van der Waals surface area contributed by atoms with Crippen molar-refractivity contribution in [2.75, 3.05) is 0 Å². The normalized spacial score (nSPS) is 12.8. The van der Waals surface area contributed by atoms with Gasteiger partial charge in [-0.2, -0.15) is 5.10 Å². The van der Waals surface area contributed by atoms with Crippen LogP contribution in [0.1, 0.15) is 28.6 Å². The predicted octanol–water partition coefficient (Wildman–Crippen LogP) is 3.27. The first kappa shape index (κ1) is 12.9. The number of fused-ring (bicyclic) bond motifs is 1. The van der Waals surface area contributed by atoms with E-state index in [9.17, 15) is 5.11 Å². The van der Waals surface area contributed by atoms with E-state index in [0.29, 0.717) is 0 Å². The van der Waals surface area contributed by atoms with E-state index in [0.717, 1.165) is 27.9 Å². The highest BCUT2D eigenvalue weighted by Gasteiger charge is 2.19. The van der Waals surface area contributed by atoms with Crippen LogP contribution in [0.5, 0.6) is 0 Å². The van der Waals surface area contributed by atoms with Crippen molar-refractivity contribution in [3.8, 4) is 0 Å². The molecule has 3 aromatic rings. The molecule has 0 radical (unpaired) electrons. The van der Waals surface area contributed by atoms with Crippen LogP contribution in [0.25, 0.3) is 10.8 Å². The molecule has 0 aliphatic heterocycles. The highest BCUT2D eigenvalue weighted by atomic mass is 16.3. The molecule has 3 nitrogen and oxygen atoms in total. The number of benzene rings is 2. The lowest BCUT2D eigenvalue weighted by Gasteiger charge is -2.13. The predicted molar refractivity (Wildman–Crippen MR) is 80.7 cm³/mol. The monoisotopic (exact) mass is 266 g/mol. The van der Waals surface area contributed by atoms with E-state index in [2.05, 4.69) is 23.3 Å². The molecule has 0 bridgehead atoms. The second kappa shape index (κ2) is 4.76. The molecule has 0 saturated carbocycles. The Morgan fingerprint density at radius 3 is 2.40 bits per heavy atom. The second-order valence-electron chi connectivity index (χ2n) is 5.22. The molecule has 0 amide bonds. The van der Waals surface area contributed by atoms with Crippen LogP contribution in [0.2, 0.25) is 0 Å². The Kier molecular flexibility index (Phi) is 3.07. The van der Waals surface area contributed by atoms with Gasteiger partial charge in [-0.3, -0.25) is 4.68 Å². The van der Waals surface area contributed by atoms with Crippen LogP contribution in [-0.2, 0) is 7.05 Å². The lowest BCUT2D eigenvalue weighted by molar-refractivity contribution is 0.219. The third kappa shape index (κ3) is 2.00. The highest BCUT2D eigenvalue weighted by Crippen LogP contribution is 2.29. The fourth-order valence-electron chi connectivity index (χ4n) is 2.73. The Morgan fingerprint density at radius 1 is 1.05 bits per heavy atom. The smallest absolute Gasteiger partial charge is 0.108 e. The zero-order valence-corrected chi connectivity index (χ0v) is 12.0. The second-order valence-corrected chi connectivity index (χ2v) is 5.22. The van der Waals surface area contributed by atoms with Gasteiger partial charge in [-0.1, -0.05) is 36.4 Å². The molecule has 102 valence electrons. The molecule has 0 fully saturated rings. The van der Waals surface area contributed by atoms with Gasteiger partial charge in [-0.25, -0.2) is 0 Å². The lowest BCUT2D eigenvalue weighted by atomic mass is 9.97. The van der Waals surface area contributed by atoms with Gasteiger partial charge in [-0.05, 0) is 36.2 Å². The van der Waals surface area contributed by atoms with Gasteiger partial charge in [0.25, 0.3) is 0 Å². The van der Waals surface area contributed by atoms with Gasteiger partial charge in [0.05, 0.1) is 5.69 Å². The van der Waals surface area contributed by atoms with E-state index < -0.39 is 6.10 Å². The first-order chi connectivity index (χ1) is 9.58. The number of aromatic nitrogens is 2. The van der Waals surface area contributed by atoms with Gasteiger partial charge >= 0.3 is 0 Å². The lowest BCUT2D eigenvalue weighted by Crippen LogP contribution is -2.03. The number of aliphatic hydroxyl groups excluding tert-OH is 1. The van der Waals surface area contributed by atoms with E-state index in [1.165, 1.54) is 5.39 Å². The molecular weight excluding hydrogens is 248 g/mol. The molecule has 0 saturated heterocycles. The van der Waals surface area contributed by atoms with Gasteiger partial charge in [0.2, 0.25) is 0 Å². The molecule has 0 spiro atoms. The van der Waals surface area contributed by atoms with Crippen molar-refractivity contribution in [2.45, 2.75) is 20.0 Å². The summed E-state index contributed by atoms with van der Waals surface area (Å²) in [6.07, 6.45) is -0.631. The van der Waals surface area contributed by atoms with Crippen molar-refractivity contribution >= 4 is 10.8 Å². The molecular formula is C17H18N2O. The van der Waals surface area contributed by atoms with Crippen LogP contribution < -0.4 is 0 Å². The maximum Gasteiger partial charge on any atom is 0.108 e. The molecule has 1 heterocycles. The summed E-state index contributed by atoms with van der Waals surface area (Å²) in [4.78, 5) is 0. The zero-order chi connectivity index (χ0) is 14.3. The van der Waals surface area contributed by atoms with E-state index in [4.69, 9.17) is 0 Å². The number of aryl methyl sites for hydroxylation is 2. The summed E-state index contributed by atoms with van der Waals surface area (Å²) in [7, 11) is 1.90. The van der Waals surface area contributed by atoms with Crippen molar-refractivity contribution in [1.29, 1.82) is 0 Å². The summed E-state index contributed by atoms with van der Waals surface area (Å²) in [5.74, 6) is 0. The van der Waals surface area contributed by atoms with Crippen molar-refractivity contribution in [3.63, 3.8) is 0 Å². The molecule has 0 aliphatic rings. The Balaban J connectivity index is 2.10. The van der Waals surface area contributed by atoms with Gasteiger partial charge in [0.1, 0.15) is 6.10 Å². The summed E-state index contributed by atoms with van der Waals surface area (Å²) >= 11 is 0. The third-order valence-electron chi connectivity index (χ3n) is 3.93. The minimum absolute atomic E-state index is 0.631. The minimum Gasteiger partial charge on any atom is -0.384 e. The summed E-state index contributed by atoms with van der Waals surface area (Å²) in [5, 5.41) is 17.4. The van der Waals surface area contributed by atoms with Crippen molar-refractivity contribution < 1.29 is 5.11 Å². The fraction of sp³-hybridized carbons (Fsp3) is 0.235. The molecule has 0 aliphatic carbocycles. The van der Waals surface area contributed by atoms with E-state index in [1.54, 1.807) is 0 Å². The zero-order valence-electron chi connectivity index (χ0n) is 12.0. The summed E-state index contributed by atoms with van der Waals surface area (Å²) in [6.45, 7) is 3.92. The molecule has 20 heavy (non-hydrogen) atoms. The van der Waals surface area contributed by atoms with E-state index in [-0.39, 0.29) is 0 Å². The number of nitrogens with zero attached hydrogens (tertiary/aromatic N) is 2. The minimum atomic E-state index is -0.631. The van der Waals surface area contributed by atoms with Gasteiger partial charge < -0.3 is 5.11 Å². The quantitative estimate of drug-likeness (QED) is 0.773. The van der Waals surface area contributed by atoms with Crippen LogP contribution in [-0.4, -0.2) is 14.9 Å². The maximum absolute atomic E-state index is 10.7. The van der Waals surface area contributed by atoms with Crippen LogP contribution in [0.4, 0.5) is 0 Å². The Bertz CT molecular complexity index is 774. The van der Waals surface area contributed by atoms with E-state index >= 15 is 0 Å². The first-order valence-corrected chi connectivity index (χ1v) is 6.75. The SMILES string of the molecule is Cc1nn(C)c(C)c1C(O)c1ccc2ccccc2c1. The molecule has 1 atom stereocenters. The topological polar surface area (TPSA) is 38.0 Å². The number of hydrogen-bond donors (Lipinski definition) is 1. The van der Waals surface area contributed by atoms with Crippen molar-refractivity contribution in [2.24, 2.45) is 7.05 Å². The van der Waals surface area contributed by atoms with Gasteiger partial charge in [-0.15, -0.1) is 0 Å². The standard InChI is InChI=1S/C17H18N2O/c1-11-16(12(2)19(3)18-11)17(20)15-9-8-13-6-4-5-7-14(13)10-15/h4-10,17,20H,1-3H3. The average molecular weight is 266 g/mol. The number of aliphatic hydroxyl groups is 1. The maximum atomic E-state index is 10.7. The van der Waals surface area contributed by atoms with Crippen LogP contribution >= 0.6 is 0 Å². The molecule has 2 aromatic carbocycles. The fourth-order valence-corrected chi connectivity index (χ4v) is 2.73. The molecule has 1 unspecified atom stereocenters. The van der Waals surface area contributed by atoms with Gasteiger partial charge in [0, 0.05) is 18.3 Å². The van der Waals surface area contributed by atoms with Crippen molar-refractivity contribution in [3.05, 3.63) is 65.0 Å². The molecule has 1 aromatic heterocycles. The van der Waals surface area contributed by atoms with Crippen LogP contribution in [0, 0.1) is 13.8 Å². The number of rotatable bonds is 2. The first-order valence-electron chi connectivity index (χ1n) is 6.75. The Hall–Kier alpha value is -2.13. The Labute approximate surface area is 118 Å². The molecule has 1 N–H and O–H groups in total. The van der Waals surface area contributed by atoms with E-state index in [1.807, 2.05) is 49.8 Å². The Morgan fingerprint density at radius 2 is 1.75 bits per heavy atom. The third-order valence-corrected chi connectivity index (χ3v) is 3.93.